The number of fused-ring (bicyclic) bond motifs is 1. The molecule has 0 saturated carbocycles. The fourth-order valence-electron chi connectivity index (χ4n) is 4.11. The summed E-state index contributed by atoms with van der Waals surface area (Å²) in [5, 5.41) is 12.1. The number of hydrogen-bond acceptors (Lipinski definition) is 7. The number of nitrogens with zero attached hydrogens (tertiary/aromatic N) is 2. The van der Waals surface area contributed by atoms with E-state index in [2.05, 4.69) is 0 Å². The average Bonchev–Trinajstić information content (AvgIpc) is 3.12. The van der Waals surface area contributed by atoms with Gasteiger partial charge in [-0.2, -0.15) is 0 Å². The summed E-state index contributed by atoms with van der Waals surface area (Å²) in [6.07, 6.45) is 0.215. The zero-order chi connectivity index (χ0) is 25.7. The molecular weight excluding hydrogens is 483 g/mol. The molecule has 0 radical (unpaired) electrons. The topological polar surface area (TPSA) is 116 Å². The molecular formula is C26H25N2O7P. The van der Waals surface area contributed by atoms with Gasteiger partial charge in [0.1, 0.15) is 5.75 Å². The van der Waals surface area contributed by atoms with Crippen molar-refractivity contribution in [2.24, 2.45) is 0 Å². The number of nitro groups is 1. The quantitative estimate of drug-likeness (QED) is 0.120. The Morgan fingerprint density at radius 3 is 2.19 bits per heavy atom. The van der Waals surface area contributed by atoms with E-state index in [1.54, 1.807) is 61.5 Å². The maximum absolute atomic E-state index is 13.7. The molecule has 0 N–H and O–H groups in total. The molecule has 0 fully saturated rings. The molecule has 1 heterocycles. The lowest BCUT2D eigenvalue weighted by Crippen LogP contribution is -2.31. The van der Waals surface area contributed by atoms with Crippen molar-refractivity contribution in [2.45, 2.75) is 19.5 Å². The molecule has 0 spiro atoms. The Morgan fingerprint density at radius 1 is 0.944 bits per heavy atom. The lowest BCUT2D eigenvalue weighted by molar-refractivity contribution is -0.385. The van der Waals surface area contributed by atoms with Gasteiger partial charge in [0.25, 0.3) is 17.5 Å². The summed E-state index contributed by atoms with van der Waals surface area (Å²) < 4.78 is 25.1. The van der Waals surface area contributed by atoms with Crippen LogP contribution in [0.4, 0.5) is 5.69 Å². The van der Waals surface area contributed by atoms with Crippen molar-refractivity contribution in [3.63, 3.8) is 0 Å². The lowest BCUT2D eigenvalue weighted by atomic mass is 10.1. The van der Waals surface area contributed by atoms with Crippen LogP contribution in [-0.2, 0) is 15.3 Å². The standard InChI is InChI=1S/C26H25N2O7P/c1-2-35-36(33,21-9-4-3-5-10-21)18-19-17-20(13-14-24(19)28(31)32)34-16-8-15-27-25(29)22-11-6-7-12-23(22)26(27)30/h3-7,9-14,17H,2,8,15-16,18H2,1H3. The third-order valence-corrected chi connectivity index (χ3v) is 8.30. The van der Waals surface area contributed by atoms with E-state index in [9.17, 15) is 24.3 Å². The van der Waals surface area contributed by atoms with Gasteiger partial charge in [-0.1, -0.05) is 30.3 Å². The third kappa shape index (κ3) is 5.22. The van der Waals surface area contributed by atoms with Crippen LogP contribution in [0.3, 0.4) is 0 Å². The zero-order valence-corrected chi connectivity index (χ0v) is 20.6. The second kappa shape index (κ2) is 10.8. The number of carbonyl (C=O) groups is 2. The van der Waals surface area contributed by atoms with E-state index >= 15 is 0 Å². The van der Waals surface area contributed by atoms with Gasteiger partial charge in [-0.05, 0) is 49.7 Å². The molecule has 36 heavy (non-hydrogen) atoms. The van der Waals surface area contributed by atoms with Crippen molar-refractivity contribution in [1.82, 2.24) is 4.90 Å². The zero-order valence-electron chi connectivity index (χ0n) is 19.7. The van der Waals surface area contributed by atoms with Crippen molar-refractivity contribution in [3.8, 4) is 5.75 Å². The van der Waals surface area contributed by atoms with Gasteiger partial charge < -0.3 is 9.26 Å². The largest absolute Gasteiger partial charge is 0.494 e. The van der Waals surface area contributed by atoms with Gasteiger partial charge in [0.2, 0.25) is 7.37 Å². The molecule has 186 valence electrons. The molecule has 3 aromatic carbocycles. The first-order chi connectivity index (χ1) is 17.3. The van der Waals surface area contributed by atoms with E-state index in [4.69, 9.17) is 9.26 Å². The Bertz CT molecular complexity index is 1310. The highest BCUT2D eigenvalue weighted by molar-refractivity contribution is 7.66. The lowest BCUT2D eigenvalue weighted by Gasteiger charge is -2.19. The number of rotatable bonds is 11. The van der Waals surface area contributed by atoms with Crippen molar-refractivity contribution >= 4 is 30.2 Å². The Morgan fingerprint density at radius 2 is 1.58 bits per heavy atom. The van der Waals surface area contributed by atoms with E-state index in [-0.39, 0.29) is 49.0 Å². The molecule has 1 aliphatic heterocycles. The van der Waals surface area contributed by atoms with Crippen molar-refractivity contribution in [2.75, 3.05) is 19.8 Å². The Balaban J connectivity index is 1.45. The van der Waals surface area contributed by atoms with E-state index < -0.39 is 12.3 Å². The van der Waals surface area contributed by atoms with Crippen LogP contribution in [-0.4, -0.2) is 41.4 Å². The third-order valence-electron chi connectivity index (χ3n) is 5.79. The van der Waals surface area contributed by atoms with Crippen LogP contribution in [0.2, 0.25) is 0 Å². The van der Waals surface area contributed by atoms with E-state index in [0.717, 1.165) is 0 Å². The molecule has 4 rings (SSSR count). The molecule has 3 aromatic rings. The SMILES string of the molecule is CCOP(=O)(Cc1cc(OCCCN2C(=O)c3ccccc3C2=O)ccc1[N+](=O)[O-])c1ccccc1. The van der Waals surface area contributed by atoms with Gasteiger partial charge in [0, 0.05) is 23.5 Å². The predicted octanol–water partition coefficient (Wildman–Crippen LogP) is 4.80. The van der Waals surface area contributed by atoms with E-state index in [0.29, 0.717) is 28.6 Å². The Kier molecular flexibility index (Phi) is 7.62. The van der Waals surface area contributed by atoms with E-state index in [1.807, 2.05) is 0 Å². The number of amides is 2. The van der Waals surface area contributed by atoms with Crippen molar-refractivity contribution in [3.05, 3.63) is 99.6 Å². The Hall–Kier alpha value is -3.81. The molecule has 0 aliphatic carbocycles. The summed E-state index contributed by atoms with van der Waals surface area (Å²) in [5.74, 6) is -0.310. The van der Waals surface area contributed by atoms with Crippen LogP contribution >= 0.6 is 7.37 Å². The average molecular weight is 508 g/mol. The minimum atomic E-state index is -3.41. The van der Waals surface area contributed by atoms with Crippen LogP contribution in [0.1, 0.15) is 39.6 Å². The summed E-state index contributed by atoms with van der Waals surface area (Å²) >= 11 is 0. The number of carbonyl (C=O) groups excluding carboxylic acids is 2. The van der Waals surface area contributed by atoms with Crippen LogP contribution in [0, 0.1) is 10.1 Å². The molecule has 1 aliphatic rings. The van der Waals surface area contributed by atoms with Gasteiger partial charge in [0.05, 0.1) is 35.4 Å². The van der Waals surface area contributed by atoms with Gasteiger partial charge in [0.15, 0.2) is 0 Å². The van der Waals surface area contributed by atoms with Gasteiger partial charge in [-0.3, -0.25) is 29.2 Å². The van der Waals surface area contributed by atoms with Crippen LogP contribution in [0.5, 0.6) is 5.75 Å². The summed E-state index contributed by atoms with van der Waals surface area (Å²) in [6.45, 7) is 2.26. The van der Waals surface area contributed by atoms with Gasteiger partial charge in [-0.15, -0.1) is 0 Å². The molecule has 1 atom stereocenters. The molecule has 1 unspecified atom stereocenters. The number of ether oxygens (including phenoxy) is 1. The van der Waals surface area contributed by atoms with Gasteiger partial charge >= 0.3 is 0 Å². The van der Waals surface area contributed by atoms with Crippen molar-refractivity contribution in [1.29, 1.82) is 0 Å². The molecule has 0 aromatic heterocycles. The highest BCUT2D eigenvalue weighted by Crippen LogP contribution is 2.50. The molecule has 10 heteroatoms. The highest BCUT2D eigenvalue weighted by Gasteiger charge is 2.34. The second-order valence-corrected chi connectivity index (χ2v) is 10.6. The summed E-state index contributed by atoms with van der Waals surface area (Å²) in [4.78, 5) is 37.3. The first-order valence-corrected chi connectivity index (χ1v) is 13.3. The van der Waals surface area contributed by atoms with Crippen LogP contribution in [0.15, 0.2) is 72.8 Å². The minimum absolute atomic E-state index is 0.159. The maximum atomic E-state index is 13.7. The highest BCUT2D eigenvalue weighted by atomic mass is 31.2. The van der Waals surface area contributed by atoms with Crippen LogP contribution < -0.4 is 10.0 Å². The van der Waals surface area contributed by atoms with Crippen LogP contribution in [0.25, 0.3) is 0 Å². The fraction of sp³-hybridized carbons (Fsp3) is 0.231. The molecule has 0 bridgehead atoms. The number of benzene rings is 3. The summed E-state index contributed by atoms with van der Waals surface area (Å²) in [5.41, 5.74) is 0.837. The van der Waals surface area contributed by atoms with E-state index in [1.165, 1.54) is 23.1 Å². The number of imide groups is 1. The molecule has 0 saturated heterocycles. The first kappa shape index (κ1) is 25.3. The second-order valence-electron chi connectivity index (χ2n) is 8.14. The number of hydrogen-bond donors (Lipinski definition) is 0. The number of nitro benzene ring substituents is 1. The summed E-state index contributed by atoms with van der Waals surface area (Å²) in [7, 11) is -3.41. The fourth-order valence-corrected chi connectivity index (χ4v) is 6.28. The monoisotopic (exact) mass is 508 g/mol. The molecule has 2 amide bonds. The Labute approximate surface area is 208 Å². The maximum Gasteiger partial charge on any atom is 0.273 e. The smallest absolute Gasteiger partial charge is 0.273 e. The predicted molar refractivity (Wildman–Crippen MR) is 134 cm³/mol. The normalized spacial score (nSPS) is 14.4. The molecule has 9 nitrogen and oxygen atoms in total. The minimum Gasteiger partial charge on any atom is -0.494 e. The van der Waals surface area contributed by atoms with Crippen molar-refractivity contribution < 1.29 is 28.3 Å². The summed E-state index contributed by atoms with van der Waals surface area (Å²) in [6, 6.07) is 19.6. The van der Waals surface area contributed by atoms with Gasteiger partial charge in [-0.25, -0.2) is 0 Å². The first-order valence-electron chi connectivity index (χ1n) is 11.5.